The Hall–Kier alpha value is -9.94. The summed E-state index contributed by atoms with van der Waals surface area (Å²) in [6, 6.07) is 111. The van der Waals surface area contributed by atoms with Gasteiger partial charge in [-0.05, 0) is 144 Å². The Bertz CT molecular complexity index is 4230. The van der Waals surface area contributed by atoms with Gasteiger partial charge in [0.1, 0.15) is 8.07 Å². The van der Waals surface area contributed by atoms with Gasteiger partial charge in [-0.1, -0.05) is 205 Å². The number of rotatable bonds is 12. The predicted octanol–water partition coefficient (Wildman–Crippen LogP) is 19.0. The highest BCUT2D eigenvalue weighted by Crippen LogP contribution is 2.43. The molecule has 0 aliphatic heterocycles. The van der Waals surface area contributed by atoms with Crippen molar-refractivity contribution in [1.29, 1.82) is 0 Å². The zero-order valence-electron chi connectivity index (χ0n) is 44.2. The van der Waals surface area contributed by atoms with Crippen molar-refractivity contribution >= 4 is 96.2 Å². The minimum atomic E-state index is -2.23. The second-order valence-corrected chi connectivity index (χ2v) is 25.4. The minimum Gasteiger partial charge on any atom is -0.310 e. The zero-order chi connectivity index (χ0) is 52.9. The summed E-state index contributed by atoms with van der Waals surface area (Å²) >= 11 is 0. The minimum absolute atomic E-state index is 1.11. The van der Waals surface area contributed by atoms with E-state index < -0.39 is 8.07 Å². The van der Waals surface area contributed by atoms with E-state index >= 15 is 0 Å². The van der Waals surface area contributed by atoms with Gasteiger partial charge in [-0.3, -0.25) is 0 Å². The molecule has 12 aromatic carbocycles. The molecule has 0 atom stereocenters. The predicted molar refractivity (Wildman–Crippen MR) is 339 cm³/mol. The van der Waals surface area contributed by atoms with Crippen molar-refractivity contribution in [2.45, 2.75) is 13.1 Å². The fourth-order valence-corrected chi connectivity index (χ4v) is 14.3. The maximum atomic E-state index is 2.49. The molecule has 0 aliphatic carbocycles. The van der Waals surface area contributed by atoms with Crippen molar-refractivity contribution in [1.82, 2.24) is 9.13 Å². The average Bonchev–Trinajstić information content (AvgIpc) is 4.18. The largest absolute Gasteiger partial charge is 0.310 e. The van der Waals surface area contributed by atoms with Gasteiger partial charge in [0, 0.05) is 67.0 Å². The second-order valence-electron chi connectivity index (χ2n) is 21.0. The lowest BCUT2D eigenvalue weighted by Gasteiger charge is -2.27. The van der Waals surface area contributed by atoms with Crippen molar-refractivity contribution in [2.75, 3.05) is 9.80 Å². The lowest BCUT2D eigenvalue weighted by molar-refractivity contribution is 1.18. The van der Waals surface area contributed by atoms with Crippen LogP contribution in [0.3, 0.4) is 0 Å². The first kappa shape index (κ1) is 47.5. The maximum Gasteiger partial charge on any atom is 0.112 e. The van der Waals surface area contributed by atoms with E-state index in [1.165, 1.54) is 76.2 Å². The molecule has 376 valence electrons. The molecule has 0 unspecified atom stereocenters. The van der Waals surface area contributed by atoms with Gasteiger partial charge in [0.05, 0.1) is 22.1 Å². The molecule has 14 aromatic rings. The Morgan fingerprint density at radius 3 is 0.975 bits per heavy atom. The topological polar surface area (TPSA) is 16.3 Å². The zero-order valence-corrected chi connectivity index (χ0v) is 45.2. The van der Waals surface area contributed by atoms with Gasteiger partial charge in [0.2, 0.25) is 0 Å². The average molecular weight is 1030 g/mol. The number of benzene rings is 12. The summed E-state index contributed by atoms with van der Waals surface area (Å²) in [6.45, 7) is 4.98. The van der Waals surface area contributed by atoms with Crippen LogP contribution in [-0.2, 0) is 0 Å². The highest BCUT2D eigenvalue weighted by molar-refractivity contribution is 7.00. The number of nitrogens with zero attached hydrogens (tertiary/aromatic N) is 4. The molecule has 0 bridgehead atoms. The van der Waals surface area contributed by atoms with E-state index in [1.807, 2.05) is 0 Å². The molecule has 0 fully saturated rings. The van der Waals surface area contributed by atoms with Crippen LogP contribution in [0.4, 0.5) is 34.1 Å². The van der Waals surface area contributed by atoms with Crippen LogP contribution in [0.5, 0.6) is 0 Å². The third-order valence-corrected chi connectivity index (χ3v) is 19.4. The molecule has 0 saturated heterocycles. The van der Waals surface area contributed by atoms with E-state index in [-0.39, 0.29) is 0 Å². The van der Waals surface area contributed by atoms with Gasteiger partial charge >= 0.3 is 0 Å². The molecule has 2 heterocycles. The van der Waals surface area contributed by atoms with Crippen molar-refractivity contribution in [3.05, 3.63) is 303 Å². The molecular formula is C74H56N4Si. The summed E-state index contributed by atoms with van der Waals surface area (Å²) in [5.41, 5.74) is 18.5. The summed E-state index contributed by atoms with van der Waals surface area (Å²) in [4.78, 5) is 4.79. The van der Waals surface area contributed by atoms with Crippen LogP contribution in [0, 0.1) is 0 Å². The Morgan fingerprint density at radius 2 is 0.557 bits per heavy atom. The summed E-state index contributed by atoms with van der Waals surface area (Å²) in [5.74, 6) is 0. The Kier molecular flexibility index (Phi) is 12.0. The summed E-state index contributed by atoms with van der Waals surface area (Å²) < 4.78 is 4.76. The quantitative estimate of drug-likeness (QED) is 0.113. The SMILES string of the molecule is C[Si](C)(c1cccc(-c2cccc(N(c3ccccc3)c3ccc4c(c3)c3ccccc3n4-c3ccccc3)c2)c1)c1cccc(-c2cccc(N(c3ccccc3)c3ccc4c(c3)c3ccccc3n4-c3ccccc3)c2)c1. The molecule has 4 nitrogen and oxygen atoms in total. The Labute approximate surface area is 462 Å². The number of hydrogen-bond donors (Lipinski definition) is 0. The van der Waals surface area contributed by atoms with Crippen LogP contribution in [0.2, 0.25) is 13.1 Å². The highest BCUT2D eigenvalue weighted by atomic mass is 28.3. The van der Waals surface area contributed by atoms with Crippen molar-refractivity contribution in [2.24, 2.45) is 0 Å². The third-order valence-electron chi connectivity index (χ3n) is 15.9. The van der Waals surface area contributed by atoms with E-state index in [2.05, 4.69) is 335 Å². The number of aromatic nitrogens is 2. The van der Waals surface area contributed by atoms with E-state index in [9.17, 15) is 0 Å². The van der Waals surface area contributed by atoms with Gasteiger partial charge in [0.15, 0.2) is 0 Å². The standard InChI is InChI=1S/C74H56N4Si/c1-79(2,65-37-21-25-55(49-65)53-23-19-35-61(47-53)75(57-27-7-3-8-28-57)63-43-45-73-69(51-63)67-39-15-17-41-71(67)77(73)59-31-11-5-12-32-59)66-38-22-26-56(50-66)54-24-20-36-62(48-54)76(58-29-9-4-10-30-58)64-44-46-74-70(52-64)68-40-16-18-42-72(68)78(74)60-33-13-6-14-34-60/h3-52H,1-2H3. The highest BCUT2D eigenvalue weighted by Gasteiger charge is 2.28. The summed E-state index contributed by atoms with van der Waals surface area (Å²) in [6.07, 6.45) is 0. The van der Waals surface area contributed by atoms with Crippen LogP contribution in [0.15, 0.2) is 303 Å². The molecular weight excluding hydrogens is 973 g/mol. The van der Waals surface area contributed by atoms with Gasteiger partial charge < -0.3 is 18.9 Å². The van der Waals surface area contributed by atoms with E-state index in [0.29, 0.717) is 0 Å². The Morgan fingerprint density at radius 1 is 0.241 bits per heavy atom. The van der Waals surface area contributed by atoms with Crippen molar-refractivity contribution in [3.8, 4) is 33.6 Å². The first-order valence-electron chi connectivity index (χ1n) is 27.2. The molecule has 0 spiro atoms. The molecule has 79 heavy (non-hydrogen) atoms. The van der Waals surface area contributed by atoms with Crippen molar-refractivity contribution < 1.29 is 0 Å². The van der Waals surface area contributed by atoms with Crippen molar-refractivity contribution in [3.63, 3.8) is 0 Å². The smallest absolute Gasteiger partial charge is 0.112 e. The molecule has 5 heteroatoms. The normalized spacial score (nSPS) is 11.7. The maximum absolute atomic E-state index is 2.49. The summed E-state index contributed by atoms with van der Waals surface area (Å²) in [7, 11) is -2.23. The van der Waals surface area contributed by atoms with Gasteiger partial charge in [-0.15, -0.1) is 0 Å². The molecule has 2 aromatic heterocycles. The molecule has 0 N–H and O–H groups in total. The number of anilines is 6. The van der Waals surface area contributed by atoms with E-state index in [0.717, 1.165) is 45.5 Å². The molecule has 0 amide bonds. The number of fused-ring (bicyclic) bond motifs is 6. The third kappa shape index (κ3) is 8.58. The molecule has 14 rings (SSSR count). The van der Waals surface area contributed by atoms with Crippen LogP contribution >= 0.6 is 0 Å². The van der Waals surface area contributed by atoms with Crippen LogP contribution in [0.25, 0.3) is 77.2 Å². The Balaban J connectivity index is 0.796. The first-order chi connectivity index (χ1) is 38.9. The number of hydrogen-bond acceptors (Lipinski definition) is 2. The molecule has 0 saturated carbocycles. The monoisotopic (exact) mass is 1030 g/mol. The molecule has 0 radical (unpaired) electrons. The van der Waals surface area contributed by atoms with Crippen LogP contribution in [0.1, 0.15) is 0 Å². The van der Waals surface area contributed by atoms with E-state index in [4.69, 9.17) is 0 Å². The van der Waals surface area contributed by atoms with Crippen LogP contribution in [-0.4, -0.2) is 17.2 Å². The van der Waals surface area contributed by atoms with Gasteiger partial charge in [-0.25, -0.2) is 0 Å². The number of para-hydroxylation sites is 6. The molecule has 0 aliphatic rings. The lowest BCUT2D eigenvalue weighted by atomic mass is 10.0. The lowest BCUT2D eigenvalue weighted by Crippen LogP contribution is -2.52. The van der Waals surface area contributed by atoms with Gasteiger partial charge in [0.25, 0.3) is 0 Å². The summed E-state index contributed by atoms with van der Waals surface area (Å²) in [5, 5.41) is 7.68. The fraction of sp³-hybridized carbons (Fsp3) is 0.0270. The fourth-order valence-electron chi connectivity index (χ4n) is 11.9. The first-order valence-corrected chi connectivity index (χ1v) is 30.2. The van der Waals surface area contributed by atoms with Crippen LogP contribution < -0.4 is 20.2 Å². The second kappa shape index (κ2) is 19.9. The van der Waals surface area contributed by atoms with Gasteiger partial charge in [-0.2, -0.15) is 0 Å². The van der Waals surface area contributed by atoms with E-state index in [1.54, 1.807) is 0 Å².